The van der Waals surface area contributed by atoms with Crippen LogP contribution in [0.4, 0.5) is 5.69 Å². The van der Waals surface area contributed by atoms with Crippen molar-refractivity contribution < 1.29 is 14.4 Å². The lowest BCUT2D eigenvalue weighted by Gasteiger charge is -2.15. The summed E-state index contributed by atoms with van der Waals surface area (Å²) < 4.78 is 0. The van der Waals surface area contributed by atoms with E-state index in [-0.39, 0.29) is 0 Å². The zero-order chi connectivity index (χ0) is 13.9. The molecule has 2 aromatic rings. The quantitative estimate of drug-likeness (QED) is 0.799. The highest BCUT2D eigenvalue weighted by Crippen LogP contribution is 2.28. The van der Waals surface area contributed by atoms with Gasteiger partial charge in [0.05, 0.1) is 17.9 Å². The fourth-order valence-corrected chi connectivity index (χ4v) is 2.19. The lowest BCUT2D eigenvalue weighted by molar-refractivity contribution is -0.121. The second-order valence-corrected chi connectivity index (χ2v) is 4.51. The van der Waals surface area contributed by atoms with Gasteiger partial charge in [-0.15, -0.1) is 0 Å². The molecule has 0 radical (unpaired) electrons. The summed E-state index contributed by atoms with van der Waals surface area (Å²) in [5.41, 5.74) is 2.05. The molecule has 0 saturated heterocycles. The fraction of sp³-hybridized carbons (Fsp3) is 0.125. The highest BCUT2D eigenvalue weighted by atomic mass is 16.7. The van der Waals surface area contributed by atoms with Crippen LogP contribution in [0.3, 0.4) is 0 Å². The van der Waals surface area contributed by atoms with Crippen molar-refractivity contribution in [3.8, 4) is 0 Å². The number of para-hydroxylation sites is 1. The summed E-state index contributed by atoms with van der Waals surface area (Å²) in [5.74, 6) is -1.14. The van der Waals surface area contributed by atoms with Gasteiger partial charge < -0.3 is 0 Å². The van der Waals surface area contributed by atoms with E-state index in [4.69, 9.17) is 4.84 Å². The van der Waals surface area contributed by atoms with Crippen LogP contribution in [0.15, 0.2) is 54.6 Å². The molecule has 3 rings (SSSR count). The van der Waals surface area contributed by atoms with E-state index < -0.39 is 11.7 Å². The second kappa shape index (κ2) is 5.27. The summed E-state index contributed by atoms with van der Waals surface area (Å²) in [4.78, 5) is 29.1. The third kappa shape index (κ3) is 2.21. The van der Waals surface area contributed by atoms with E-state index in [2.05, 4.69) is 0 Å². The van der Waals surface area contributed by atoms with Crippen molar-refractivity contribution in [3.63, 3.8) is 0 Å². The predicted octanol–water partition coefficient (Wildman–Crippen LogP) is 2.39. The molecule has 0 atom stereocenters. The Hall–Kier alpha value is -2.46. The Bertz CT molecular complexity index is 652. The number of benzene rings is 2. The van der Waals surface area contributed by atoms with E-state index >= 15 is 0 Å². The number of anilines is 1. The summed E-state index contributed by atoms with van der Waals surface area (Å²) in [7, 11) is 0. The van der Waals surface area contributed by atoms with Crippen molar-refractivity contribution in [3.05, 3.63) is 65.7 Å². The maximum atomic E-state index is 11.9. The summed E-state index contributed by atoms with van der Waals surface area (Å²) in [6, 6.07) is 16.7. The van der Waals surface area contributed by atoms with Crippen molar-refractivity contribution >= 4 is 17.4 Å². The van der Waals surface area contributed by atoms with E-state index in [0.717, 1.165) is 10.6 Å². The number of carbonyl (C=O) groups is 2. The Balaban J connectivity index is 1.69. The molecule has 0 aromatic heterocycles. The molecule has 0 unspecified atom stereocenters. The summed E-state index contributed by atoms with van der Waals surface area (Å²) in [6.07, 6.45) is 0.682. The van der Waals surface area contributed by atoms with Gasteiger partial charge in [-0.25, -0.2) is 0 Å². The van der Waals surface area contributed by atoms with Gasteiger partial charge in [0.2, 0.25) is 0 Å². The van der Waals surface area contributed by atoms with E-state index in [0.29, 0.717) is 24.3 Å². The van der Waals surface area contributed by atoms with Crippen LogP contribution in [-0.4, -0.2) is 18.3 Å². The Morgan fingerprint density at radius 3 is 2.40 bits per heavy atom. The molecule has 1 aliphatic heterocycles. The number of fused-ring (bicyclic) bond motifs is 1. The Morgan fingerprint density at radius 1 is 0.900 bits per heavy atom. The lowest BCUT2D eigenvalue weighted by Crippen LogP contribution is -2.30. The van der Waals surface area contributed by atoms with Crippen molar-refractivity contribution in [2.24, 2.45) is 0 Å². The van der Waals surface area contributed by atoms with Crippen molar-refractivity contribution in [2.45, 2.75) is 6.42 Å². The number of hydrogen-bond acceptors (Lipinski definition) is 3. The molecule has 4 heteroatoms. The van der Waals surface area contributed by atoms with Gasteiger partial charge in [0.15, 0.2) is 0 Å². The minimum absolute atomic E-state index is 0.345. The normalized spacial score (nSPS) is 13.7. The van der Waals surface area contributed by atoms with Crippen LogP contribution in [0.1, 0.15) is 15.9 Å². The van der Waals surface area contributed by atoms with E-state index in [1.807, 2.05) is 30.3 Å². The molecule has 2 aromatic carbocycles. The number of Topliss-reactive ketones (excluding diaryl/α,β-unsaturated/α-hetero) is 1. The van der Waals surface area contributed by atoms with Gasteiger partial charge >= 0.3 is 5.91 Å². The SMILES string of the molecule is O=C1C(=O)N(OCCc2ccccc2)c2ccccc21. The average molecular weight is 267 g/mol. The molecule has 1 heterocycles. The highest BCUT2D eigenvalue weighted by Gasteiger charge is 2.36. The van der Waals surface area contributed by atoms with E-state index in [9.17, 15) is 9.59 Å². The molecule has 0 fully saturated rings. The third-order valence-corrected chi connectivity index (χ3v) is 3.20. The first-order valence-corrected chi connectivity index (χ1v) is 6.42. The fourth-order valence-electron chi connectivity index (χ4n) is 2.19. The van der Waals surface area contributed by atoms with Crippen molar-refractivity contribution in [1.29, 1.82) is 0 Å². The molecule has 0 N–H and O–H groups in total. The first-order valence-electron chi connectivity index (χ1n) is 6.42. The first-order chi connectivity index (χ1) is 9.77. The maximum absolute atomic E-state index is 11.9. The van der Waals surface area contributed by atoms with Crippen LogP contribution < -0.4 is 5.06 Å². The standard InChI is InChI=1S/C16H13NO3/c18-15-13-8-4-5-9-14(13)17(16(15)19)20-11-10-12-6-2-1-3-7-12/h1-9H,10-11H2. The molecule has 0 bridgehead atoms. The highest BCUT2D eigenvalue weighted by molar-refractivity contribution is 6.51. The Kier molecular flexibility index (Phi) is 3.31. The van der Waals surface area contributed by atoms with Crippen molar-refractivity contribution in [2.75, 3.05) is 11.7 Å². The van der Waals surface area contributed by atoms with Crippen LogP contribution in [-0.2, 0) is 16.1 Å². The minimum Gasteiger partial charge on any atom is -0.283 e. The first kappa shape index (κ1) is 12.6. The number of hydroxylamine groups is 1. The molecule has 1 amide bonds. The second-order valence-electron chi connectivity index (χ2n) is 4.51. The summed E-state index contributed by atoms with van der Waals surface area (Å²) in [5, 5.41) is 1.10. The van der Waals surface area contributed by atoms with Crippen molar-refractivity contribution in [1.82, 2.24) is 0 Å². The van der Waals surface area contributed by atoms with Crippen LogP contribution in [0.25, 0.3) is 0 Å². The van der Waals surface area contributed by atoms with Crippen LogP contribution in [0.5, 0.6) is 0 Å². The van der Waals surface area contributed by atoms with Gasteiger partial charge in [0, 0.05) is 0 Å². The average Bonchev–Trinajstić information content (AvgIpc) is 2.74. The zero-order valence-electron chi connectivity index (χ0n) is 10.8. The number of ketones is 1. The molecule has 20 heavy (non-hydrogen) atoms. The summed E-state index contributed by atoms with van der Waals surface area (Å²) in [6.45, 7) is 0.345. The molecular weight excluding hydrogens is 254 g/mol. The molecular formula is C16H13NO3. The largest absolute Gasteiger partial charge is 0.323 e. The van der Waals surface area contributed by atoms with Gasteiger partial charge in [-0.05, 0) is 24.1 Å². The van der Waals surface area contributed by atoms with E-state index in [1.165, 1.54) is 0 Å². The smallest absolute Gasteiger partial charge is 0.283 e. The Morgan fingerprint density at radius 2 is 1.60 bits per heavy atom. The lowest BCUT2D eigenvalue weighted by atomic mass is 10.1. The molecule has 1 aliphatic rings. The molecule has 0 saturated carbocycles. The zero-order valence-corrected chi connectivity index (χ0v) is 10.8. The van der Waals surface area contributed by atoms with Crippen LogP contribution in [0, 0.1) is 0 Å². The van der Waals surface area contributed by atoms with E-state index in [1.54, 1.807) is 24.3 Å². The predicted molar refractivity (Wildman–Crippen MR) is 74.4 cm³/mol. The molecule has 0 spiro atoms. The molecule has 100 valence electrons. The Labute approximate surface area is 116 Å². The van der Waals surface area contributed by atoms with Gasteiger partial charge in [-0.2, -0.15) is 5.06 Å². The van der Waals surface area contributed by atoms with Gasteiger partial charge in [0.1, 0.15) is 0 Å². The third-order valence-electron chi connectivity index (χ3n) is 3.20. The van der Waals surface area contributed by atoms with Crippen LogP contribution >= 0.6 is 0 Å². The van der Waals surface area contributed by atoms with Crippen LogP contribution in [0.2, 0.25) is 0 Å². The number of hydrogen-bond donors (Lipinski definition) is 0. The summed E-state index contributed by atoms with van der Waals surface area (Å²) >= 11 is 0. The minimum atomic E-state index is -0.626. The monoisotopic (exact) mass is 267 g/mol. The number of amides is 1. The van der Waals surface area contributed by atoms with Gasteiger partial charge in [-0.1, -0.05) is 42.5 Å². The number of nitrogens with zero attached hydrogens (tertiary/aromatic N) is 1. The molecule has 0 aliphatic carbocycles. The topological polar surface area (TPSA) is 46.6 Å². The maximum Gasteiger partial charge on any atom is 0.323 e. The molecule has 4 nitrogen and oxygen atoms in total. The van der Waals surface area contributed by atoms with Gasteiger partial charge in [0.25, 0.3) is 5.78 Å². The number of rotatable bonds is 4. The van der Waals surface area contributed by atoms with Gasteiger partial charge in [-0.3, -0.25) is 14.4 Å². The number of carbonyl (C=O) groups excluding carboxylic acids is 2.